The minimum Gasteiger partial charge on any atom is -0.266 e. The van der Waals surface area contributed by atoms with E-state index >= 15 is 0 Å². The molecular weight excluding hydrogens is 354 g/mol. The summed E-state index contributed by atoms with van der Waals surface area (Å²) in [7, 11) is -3.59. The third-order valence-electron chi connectivity index (χ3n) is 3.78. The molecule has 1 aromatic carbocycles. The minimum atomic E-state index is -3.59. The van der Waals surface area contributed by atoms with Gasteiger partial charge < -0.3 is 0 Å². The molecule has 132 valence electrons. The van der Waals surface area contributed by atoms with Crippen LogP contribution in [0.25, 0.3) is 10.6 Å². The Kier molecular flexibility index (Phi) is 5.67. The summed E-state index contributed by atoms with van der Waals surface area (Å²) in [5, 5.41) is 6.47. The van der Waals surface area contributed by atoms with Crippen LogP contribution in [0.5, 0.6) is 0 Å². The zero-order valence-corrected chi connectivity index (χ0v) is 15.7. The van der Waals surface area contributed by atoms with Crippen LogP contribution in [-0.2, 0) is 16.6 Å². The normalized spacial score (nSPS) is 11.7. The third-order valence-corrected chi connectivity index (χ3v) is 6.12. The van der Waals surface area contributed by atoms with Crippen LogP contribution in [0.1, 0.15) is 25.3 Å². The fraction of sp³-hybridized carbons (Fsp3) is 0.278. The van der Waals surface area contributed by atoms with Gasteiger partial charge in [0.05, 0.1) is 11.4 Å². The molecular formula is C18H21N3O2S2. The first-order chi connectivity index (χ1) is 12.1. The molecule has 3 aromatic rings. The lowest BCUT2D eigenvalue weighted by Crippen LogP contribution is -2.24. The molecule has 5 nitrogen and oxygen atoms in total. The van der Waals surface area contributed by atoms with E-state index in [1.54, 1.807) is 10.9 Å². The quantitative estimate of drug-likeness (QED) is 0.610. The Hall–Kier alpha value is -1.96. The number of unbranched alkanes of at least 4 members (excludes halogenated alkanes) is 1. The second kappa shape index (κ2) is 7.95. The van der Waals surface area contributed by atoms with Crippen molar-refractivity contribution in [3.05, 3.63) is 59.6 Å². The Morgan fingerprint density at radius 3 is 2.64 bits per heavy atom. The molecule has 0 amide bonds. The molecule has 0 saturated heterocycles. The first-order valence-electron chi connectivity index (χ1n) is 8.25. The highest BCUT2D eigenvalue weighted by atomic mass is 32.2. The minimum absolute atomic E-state index is 0.238. The Bertz CT molecular complexity index is 901. The standard InChI is InChI=1S/C18H21N3O2S2/c1-2-3-11-19-25(22,23)17-14-21(13-15-8-5-4-6-9-15)20-18(17)16-10-7-12-24-16/h4-10,12,14,19H,2-3,11,13H2,1H3. The van der Waals surface area contributed by atoms with Crippen LogP contribution in [0.15, 0.2) is 58.9 Å². The summed E-state index contributed by atoms with van der Waals surface area (Å²) < 4.78 is 29.8. The lowest BCUT2D eigenvalue weighted by molar-refractivity contribution is 0.578. The van der Waals surface area contributed by atoms with Gasteiger partial charge in [0.1, 0.15) is 10.6 Å². The van der Waals surface area contributed by atoms with Crippen molar-refractivity contribution in [2.45, 2.75) is 31.2 Å². The van der Waals surface area contributed by atoms with Gasteiger partial charge in [0.25, 0.3) is 0 Å². The number of hydrogen-bond acceptors (Lipinski definition) is 4. The predicted octanol–water partition coefficient (Wildman–Crippen LogP) is 3.74. The molecule has 25 heavy (non-hydrogen) atoms. The SMILES string of the molecule is CCCCNS(=O)(=O)c1cn(Cc2ccccc2)nc1-c1cccs1. The largest absolute Gasteiger partial charge is 0.266 e. The number of rotatable bonds is 8. The van der Waals surface area contributed by atoms with E-state index in [0.717, 1.165) is 23.3 Å². The molecule has 2 aromatic heterocycles. The predicted molar refractivity (Wildman–Crippen MR) is 101 cm³/mol. The van der Waals surface area contributed by atoms with E-state index in [-0.39, 0.29) is 4.90 Å². The van der Waals surface area contributed by atoms with Crippen molar-refractivity contribution >= 4 is 21.4 Å². The van der Waals surface area contributed by atoms with Crippen LogP contribution in [0, 0.1) is 0 Å². The summed E-state index contributed by atoms with van der Waals surface area (Å²) in [5.41, 5.74) is 1.58. The highest BCUT2D eigenvalue weighted by Gasteiger charge is 2.23. The zero-order valence-electron chi connectivity index (χ0n) is 14.1. The van der Waals surface area contributed by atoms with Gasteiger partial charge in [-0.05, 0) is 23.4 Å². The van der Waals surface area contributed by atoms with Crippen molar-refractivity contribution in [1.82, 2.24) is 14.5 Å². The van der Waals surface area contributed by atoms with Crippen LogP contribution >= 0.6 is 11.3 Å². The van der Waals surface area contributed by atoms with Gasteiger partial charge in [0, 0.05) is 12.7 Å². The third kappa shape index (κ3) is 4.36. The van der Waals surface area contributed by atoms with E-state index < -0.39 is 10.0 Å². The number of benzene rings is 1. The van der Waals surface area contributed by atoms with Gasteiger partial charge >= 0.3 is 0 Å². The van der Waals surface area contributed by atoms with Crippen LogP contribution in [0.2, 0.25) is 0 Å². The van der Waals surface area contributed by atoms with E-state index in [0.29, 0.717) is 18.8 Å². The maximum atomic E-state index is 12.7. The van der Waals surface area contributed by atoms with Crippen molar-refractivity contribution in [3.8, 4) is 10.6 Å². The highest BCUT2D eigenvalue weighted by Crippen LogP contribution is 2.29. The molecule has 7 heteroatoms. The molecule has 0 radical (unpaired) electrons. The van der Waals surface area contributed by atoms with Crippen LogP contribution in [0.3, 0.4) is 0 Å². The lowest BCUT2D eigenvalue weighted by Gasteiger charge is -2.05. The molecule has 0 bridgehead atoms. The monoisotopic (exact) mass is 375 g/mol. The summed E-state index contributed by atoms with van der Waals surface area (Å²) >= 11 is 1.49. The van der Waals surface area contributed by atoms with E-state index in [9.17, 15) is 8.42 Å². The summed E-state index contributed by atoms with van der Waals surface area (Å²) in [5.74, 6) is 0. The maximum absolute atomic E-state index is 12.7. The molecule has 0 spiro atoms. The van der Waals surface area contributed by atoms with E-state index in [1.807, 2.05) is 54.8 Å². The number of sulfonamides is 1. The van der Waals surface area contributed by atoms with Crippen LogP contribution in [0.4, 0.5) is 0 Å². The van der Waals surface area contributed by atoms with Gasteiger partial charge in [-0.25, -0.2) is 13.1 Å². The van der Waals surface area contributed by atoms with Crippen molar-refractivity contribution < 1.29 is 8.42 Å². The Morgan fingerprint density at radius 1 is 1.16 bits per heavy atom. The Balaban J connectivity index is 1.95. The van der Waals surface area contributed by atoms with E-state index in [4.69, 9.17) is 0 Å². The van der Waals surface area contributed by atoms with E-state index in [2.05, 4.69) is 9.82 Å². The fourth-order valence-electron chi connectivity index (χ4n) is 2.50. The number of thiophene rings is 1. The summed E-state index contributed by atoms with van der Waals surface area (Å²) in [6.45, 7) is 3.00. The molecule has 0 aliphatic heterocycles. The van der Waals surface area contributed by atoms with E-state index in [1.165, 1.54) is 11.3 Å². The number of hydrogen-bond donors (Lipinski definition) is 1. The van der Waals surface area contributed by atoms with Gasteiger partial charge in [-0.2, -0.15) is 5.10 Å². The second-order valence-corrected chi connectivity index (χ2v) is 8.44. The summed E-state index contributed by atoms with van der Waals surface area (Å²) in [6.07, 6.45) is 3.37. The average molecular weight is 376 g/mol. The van der Waals surface area contributed by atoms with Crippen LogP contribution in [-0.4, -0.2) is 24.7 Å². The first-order valence-corrected chi connectivity index (χ1v) is 10.6. The number of aromatic nitrogens is 2. The summed E-state index contributed by atoms with van der Waals surface area (Å²) in [4.78, 5) is 1.09. The van der Waals surface area contributed by atoms with Gasteiger partial charge in [0.2, 0.25) is 10.0 Å². The molecule has 0 saturated carbocycles. The number of nitrogens with zero attached hydrogens (tertiary/aromatic N) is 2. The maximum Gasteiger partial charge on any atom is 0.244 e. The summed E-state index contributed by atoms with van der Waals surface area (Å²) in [6, 6.07) is 13.7. The molecule has 0 unspecified atom stereocenters. The molecule has 0 atom stereocenters. The smallest absolute Gasteiger partial charge is 0.244 e. The van der Waals surface area contributed by atoms with Crippen molar-refractivity contribution in [1.29, 1.82) is 0 Å². The second-order valence-electron chi connectivity index (χ2n) is 5.75. The average Bonchev–Trinajstić information content (AvgIpc) is 3.25. The first kappa shape index (κ1) is 17.8. The van der Waals surface area contributed by atoms with Crippen LogP contribution < -0.4 is 4.72 Å². The number of nitrogens with one attached hydrogen (secondary N) is 1. The molecule has 0 aliphatic rings. The molecule has 3 rings (SSSR count). The van der Waals surface area contributed by atoms with Gasteiger partial charge in [0.15, 0.2) is 0 Å². The van der Waals surface area contributed by atoms with Gasteiger partial charge in [-0.15, -0.1) is 11.3 Å². The van der Waals surface area contributed by atoms with Gasteiger partial charge in [-0.1, -0.05) is 49.7 Å². The van der Waals surface area contributed by atoms with Crippen molar-refractivity contribution in [2.75, 3.05) is 6.54 Å². The van der Waals surface area contributed by atoms with Gasteiger partial charge in [-0.3, -0.25) is 4.68 Å². The zero-order chi connectivity index (χ0) is 17.7. The van der Waals surface area contributed by atoms with Crippen molar-refractivity contribution in [2.24, 2.45) is 0 Å². The van der Waals surface area contributed by atoms with Crippen molar-refractivity contribution in [3.63, 3.8) is 0 Å². The highest BCUT2D eigenvalue weighted by molar-refractivity contribution is 7.89. The molecule has 2 heterocycles. The fourth-order valence-corrected chi connectivity index (χ4v) is 4.52. The lowest BCUT2D eigenvalue weighted by atomic mass is 10.2. The Morgan fingerprint density at radius 2 is 1.96 bits per heavy atom. The molecule has 0 aliphatic carbocycles. The Labute approximate surface area is 152 Å². The molecule has 1 N–H and O–H groups in total. The topological polar surface area (TPSA) is 64.0 Å². The molecule has 0 fully saturated rings.